The zero-order chi connectivity index (χ0) is 19.3. The number of benzene rings is 1. The molecule has 1 aliphatic heterocycles. The molecular weight excluding hydrogens is 266 g/mol. The Bertz CT molecular complexity index is 852. The number of hydrogen-bond acceptors (Lipinski definition) is 3. The van der Waals surface area contributed by atoms with Crippen LogP contribution in [0.3, 0.4) is 0 Å². The second-order valence-corrected chi connectivity index (χ2v) is 5.11. The van der Waals surface area contributed by atoms with E-state index in [4.69, 9.17) is 11.6 Å². The Morgan fingerprint density at radius 3 is 3.10 bits per heavy atom. The van der Waals surface area contributed by atoms with Crippen LogP contribution in [-0.4, -0.2) is 49.2 Å². The second-order valence-electron chi connectivity index (χ2n) is 5.11. The minimum atomic E-state index is -2.19. The summed E-state index contributed by atoms with van der Waals surface area (Å²) in [6, 6.07) is 2.93. The third-order valence-electron chi connectivity index (χ3n) is 3.25. The van der Waals surface area contributed by atoms with Gasteiger partial charge in [-0.15, -0.1) is 0 Å². The van der Waals surface area contributed by atoms with Crippen molar-refractivity contribution in [2.24, 2.45) is 0 Å². The number of nitrogens with one attached hydrogen (secondary N) is 2. The van der Waals surface area contributed by atoms with E-state index >= 15 is 0 Å². The van der Waals surface area contributed by atoms with Crippen molar-refractivity contribution in [3.8, 4) is 0 Å². The molecule has 1 aliphatic rings. The molecule has 1 aromatic carbocycles. The summed E-state index contributed by atoms with van der Waals surface area (Å²) in [6.45, 7) is -1.95. The molecule has 3 rings (SSSR count). The highest BCUT2D eigenvalue weighted by atomic mass is 16.6. The molecule has 0 saturated carbocycles. The number of carbonyl (C=O) groups excluding carboxylic acids is 1. The quantitative estimate of drug-likeness (QED) is 0.885. The van der Waals surface area contributed by atoms with Gasteiger partial charge in [0.15, 0.2) is 0 Å². The highest BCUT2D eigenvalue weighted by Gasteiger charge is 2.22. The average Bonchev–Trinajstić information content (AvgIpc) is 3.11. The monoisotopic (exact) mass is 292 g/mol. The van der Waals surface area contributed by atoms with Crippen molar-refractivity contribution in [3.05, 3.63) is 35.5 Å². The van der Waals surface area contributed by atoms with Crippen molar-refractivity contribution in [1.82, 2.24) is 15.2 Å². The number of cyclic esters (lactones) is 1. The molecule has 0 radical (unpaired) electrons. The van der Waals surface area contributed by atoms with Crippen molar-refractivity contribution in [2.75, 3.05) is 27.2 Å². The highest BCUT2D eigenvalue weighted by molar-refractivity contribution is 5.84. The molecule has 2 N–H and O–H groups in total. The average molecular weight is 292 g/mol. The molecule has 112 valence electrons. The Kier molecular flexibility index (Phi) is 2.50. The van der Waals surface area contributed by atoms with Gasteiger partial charge in [-0.05, 0) is 50.1 Å². The highest BCUT2D eigenvalue weighted by Crippen LogP contribution is 2.21. The van der Waals surface area contributed by atoms with Gasteiger partial charge in [-0.2, -0.15) is 0 Å². The molecule has 0 aliphatic carbocycles. The largest absolute Gasteiger partial charge is 0.447 e. The minimum Gasteiger partial charge on any atom is -0.447 e. The van der Waals surface area contributed by atoms with Gasteiger partial charge in [0.2, 0.25) is 0 Å². The van der Waals surface area contributed by atoms with Gasteiger partial charge in [0.1, 0.15) is 6.61 Å². The molecule has 1 fully saturated rings. The summed E-state index contributed by atoms with van der Waals surface area (Å²) in [7, 11) is 3.32. The van der Waals surface area contributed by atoms with Crippen molar-refractivity contribution >= 4 is 17.0 Å². The molecule has 1 amide bonds. The first-order valence-corrected chi connectivity index (χ1v) is 6.69. The Labute approximate surface area is 131 Å². The number of carbonyl (C=O) groups is 1. The fraction of sp³-hybridized carbons (Fsp3) is 0.438. The van der Waals surface area contributed by atoms with Crippen LogP contribution in [0.2, 0.25) is 0 Å². The smallest absolute Gasteiger partial charge is 0.407 e. The zero-order valence-electron chi connectivity index (χ0n) is 17.0. The van der Waals surface area contributed by atoms with E-state index in [1.165, 1.54) is 4.90 Å². The number of aromatic nitrogens is 1. The van der Waals surface area contributed by atoms with Crippen LogP contribution < -0.4 is 5.32 Å². The third kappa shape index (κ3) is 3.19. The van der Waals surface area contributed by atoms with Gasteiger partial charge >= 0.3 is 6.09 Å². The Hall–Kier alpha value is -2.01. The van der Waals surface area contributed by atoms with Crippen molar-refractivity contribution in [1.29, 1.82) is 0 Å². The van der Waals surface area contributed by atoms with Crippen LogP contribution >= 0.6 is 0 Å². The summed E-state index contributed by atoms with van der Waals surface area (Å²) in [4.78, 5) is 15.9. The molecular formula is C16H21N3O2. The van der Waals surface area contributed by atoms with Crippen LogP contribution in [0.1, 0.15) is 18.0 Å². The molecule has 1 saturated heterocycles. The normalized spacial score (nSPS) is 26.6. The van der Waals surface area contributed by atoms with Crippen LogP contribution in [-0.2, 0) is 17.5 Å². The van der Waals surface area contributed by atoms with Crippen LogP contribution in [0.25, 0.3) is 10.9 Å². The molecule has 0 unspecified atom stereocenters. The maximum atomic E-state index is 11.3. The Morgan fingerprint density at radius 1 is 1.52 bits per heavy atom. The van der Waals surface area contributed by atoms with E-state index in [0.717, 1.165) is 5.52 Å². The van der Waals surface area contributed by atoms with E-state index < -0.39 is 25.0 Å². The second kappa shape index (κ2) is 5.77. The van der Waals surface area contributed by atoms with Crippen LogP contribution in [0.15, 0.2) is 24.4 Å². The van der Waals surface area contributed by atoms with E-state index in [-0.39, 0.29) is 18.6 Å². The molecule has 1 atom stereocenters. The van der Waals surface area contributed by atoms with E-state index in [0.29, 0.717) is 10.9 Å². The molecule has 2 heterocycles. The van der Waals surface area contributed by atoms with Gasteiger partial charge in [-0.25, -0.2) is 4.79 Å². The summed E-state index contributed by atoms with van der Waals surface area (Å²) in [5, 5.41) is 2.92. The van der Waals surface area contributed by atoms with Crippen LogP contribution in [0.5, 0.6) is 0 Å². The van der Waals surface area contributed by atoms with Crippen molar-refractivity contribution < 1.29 is 16.4 Å². The van der Waals surface area contributed by atoms with Crippen molar-refractivity contribution in [3.63, 3.8) is 0 Å². The Morgan fingerprint density at radius 2 is 2.38 bits per heavy atom. The molecule has 0 bridgehead atoms. The number of rotatable bonds is 5. The van der Waals surface area contributed by atoms with E-state index in [2.05, 4.69) is 10.3 Å². The molecule has 0 spiro atoms. The summed E-state index contributed by atoms with van der Waals surface area (Å²) < 4.78 is 46.0. The first-order valence-electron chi connectivity index (χ1n) is 9.19. The fourth-order valence-corrected chi connectivity index (χ4v) is 2.22. The van der Waals surface area contributed by atoms with Crippen LogP contribution in [0.4, 0.5) is 4.79 Å². The summed E-state index contributed by atoms with van der Waals surface area (Å²) >= 11 is 0. The number of fused-ring (bicyclic) bond motifs is 1. The third-order valence-corrected chi connectivity index (χ3v) is 3.25. The maximum Gasteiger partial charge on any atom is 0.407 e. The van der Waals surface area contributed by atoms with E-state index in [9.17, 15) is 4.79 Å². The SMILES string of the molecule is [2H]C([2H])(Cc1c[nH]c2ccc(C([2H])([2H])[C@@]3([2H])COC(=O)N3)cc12)N(C)C. The van der Waals surface area contributed by atoms with Gasteiger partial charge in [-0.1, -0.05) is 6.07 Å². The number of aryl methyl sites for hydroxylation is 1. The van der Waals surface area contributed by atoms with Gasteiger partial charge in [0.25, 0.3) is 0 Å². The summed E-state index contributed by atoms with van der Waals surface area (Å²) in [5.41, 5.74) is 1.68. The lowest BCUT2D eigenvalue weighted by atomic mass is 10.0. The Balaban J connectivity index is 2.01. The van der Waals surface area contributed by atoms with E-state index in [1.54, 1.807) is 38.5 Å². The molecule has 21 heavy (non-hydrogen) atoms. The lowest BCUT2D eigenvalue weighted by Crippen LogP contribution is -2.28. The standard InChI is InChI=1S/C16H21N3O2/c1-19(2)6-5-12-9-17-15-4-3-11(8-14(12)15)7-13-10-21-16(20)18-13/h3-4,8-9,13,17H,5-7,10H2,1-2H3,(H,18,20)/t13-/m0/s1/i6D2,7D2,13D. The minimum absolute atomic E-state index is 0.123. The van der Waals surface area contributed by atoms with Gasteiger partial charge in [0.05, 0.1) is 7.39 Å². The number of amides is 1. The van der Waals surface area contributed by atoms with Crippen molar-refractivity contribution in [2.45, 2.75) is 18.8 Å². The van der Waals surface area contributed by atoms with Gasteiger partial charge < -0.3 is 19.9 Å². The zero-order valence-corrected chi connectivity index (χ0v) is 12.0. The number of ether oxygens (including phenoxy) is 1. The molecule has 5 nitrogen and oxygen atoms in total. The lowest BCUT2D eigenvalue weighted by molar-refractivity contribution is 0.177. The van der Waals surface area contributed by atoms with E-state index in [1.807, 2.05) is 0 Å². The predicted molar refractivity (Wildman–Crippen MR) is 82.5 cm³/mol. The number of nitrogens with zero attached hydrogens (tertiary/aromatic N) is 1. The number of H-pyrrole nitrogens is 1. The number of aromatic amines is 1. The van der Waals surface area contributed by atoms with Crippen LogP contribution in [0, 0.1) is 0 Å². The number of likely N-dealkylation sites (N-methyl/N-ethyl adjacent to an activating group) is 1. The molecule has 2 aromatic rings. The predicted octanol–water partition coefficient (Wildman–Crippen LogP) is 1.92. The topological polar surface area (TPSA) is 57.4 Å². The number of hydrogen-bond donors (Lipinski definition) is 2. The lowest BCUT2D eigenvalue weighted by Gasteiger charge is -2.09. The fourth-order valence-electron chi connectivity index (χ4n) is 2.22. The summed E-state index contributed by atoms with van der Waals surface area (Å²) in [5.74, 6) is 0. The van der Waals surface area contributed by atoms with Gasteiger partial charge in [-0.3, -0.25) is 0 Å². The first-order chi connectivity index (χ1) is 12.0. The summed E-state index contributed by atoms with van der Waals surface area (Å²) in [6.07, 6.45) is -1.17. The van der Waals surface area contributed by atoms with Gasteiger partial charge in [0, 0.05) is 29.1 Å². The number of alkyl carbamates (subject to hydrolysis) is 1. The maximum absolute atomic E-state index is 11.3. The molecule has 5 heteroatoms. The first kappa shape index (κ1) is 9.10. The molecule has 1 aromatic heterocycles.